The topological polar surface area (TPSA) is 3.24 Å². The molecule has 0 amide bonds. The number of benzene rings is 7. The van der Waals surface area contributed by atoms with E-state index in [9.17, 15) is 0 Å². The lowest BCUT2D eigenvalue weighted by Crippen LogP contribution is -2.10. The molecule has 0 saturated carbocycles. The number of rotatable bonds is 4. The summed E-state index contributed by atoms with van der Waals surface area (Å²) < 4.78 is 2.61. The number of hydrogen-bond acceptors (Lipinski definition) is 2. The fourth-order valence-corrected chi connectivity index (χ4v) is 7.08. The van der Waals surface area contributed by atoms with Crippen molar-refractivity contribution < 1.29 is 0 Å². The molecule has 0 radical (unpaired) electrons. The number of thiophene rings is 1. The Hall–Kier alpha value is -4.92. The molecule has 0 aliphatic rings. The fourth-order valence-electron chi connectivity index (χ4n) is 5.84. The van der Waals surface area contributed by atoms with Crippen LogP contribution in [0.1, 0.15) is 0 Å². The second-order valence-electron chi connectivity index (χ2n) is 10.2. The largest absolute Gasteiger partial charge is 0.309 e. The molecule has 2 heteroatoms. The third-order valence-corrected chi connectivity index (χ3v) is 8.98. The maximum Gasteiger partial charge on any atom is 0.0640 e. The first-order valence-corrected chi connectivity index (χ1v) is 14.4. The molecule has 7 aromatic carbocycles. The monoisotopic (exact) mass is 527 g/mol. The van der Waals surface area contributed by atoms with Crippen LogP contribution in [-0.4, -0.2) is 0 Å². The van der Waals surface area contributed by atoms with E-state index < -0.39 is 0 Å². The molecule has 0 saturated heterocycles. The van der Waals surface area contributed by atoms with Gasteiger partial charge in [-0.1, -0.05) is 109 Å². The molecular formula is C38H25NS. The predicted octanol–water partition coefficient (Wildman–Crippen LogP) is 11.5. The van der Waals surface area contributed by atoms with Crippen molar-refractivity contribution in [3.63, 3.8) is 0 Å². The summed E-state index contributed by atoms with van der Waals surface area (Å²) >= 11 is 1.88. The lowest BCUT2D eigenvalue weighted by molar-refractivity contribution is 1.31. The first-order valence-electron chi connectivity index (χ1n) is 13.6. The van der Waals surface area contributed by atoms with Crippen molar-refractivity contribution in [2.75, 3.05) is 4.90 Å². The molecule has 0 aliphatic carbocycles. The average Bonchev–Trinajstić information content (AvgIpc) is 3.39. The minimum absolute atomic E-state index is 1.15. The van der Waals surface area contributed by atoms with Crippen molar-refractivity contribution in [2.45, 2.75) is 0 Å². The SMILES string of the molecule is c1ccc(-c2cccc(N(c3ccc4ccccc4c3)c3cccc4c3sc3cc5ccccc5cc34)c2)cc1. The molecule has 0 aliphatic heterocycles. The Balaban J connectivity index is 1.40. The molecule has 8 aromatic rings. The molecule has 0 N–H and O–H groups in total. The Bertz CT molecular complexity index is 2170. The highest BCUT2D eigenvalue weighted by Crippen LogP contribution is 2.46. The van der Waals surface area contributed by atoms with Crippen molar-refractivity contribution in [3.05, 3.63) is 152 Å². The van der Waals surface area contributed by atoms with Gasteiger partial charge in [0.05, 0.1) is 10.4 Å². The quantitative estimate of drug-likeness (QED) is 0.220. The van der Waals surface area contributed by atoms with Gasteiger partial charge < -0.3 is 4.90 Å². The van der Waals surface area contributed by atoms with Crippen LogP contribution >= 0.6 is 11.3 Å². The molecule has 0 spiro atoms. The van der Waals surface area contributed by atoms with E-state index in [1.807, 2.05) is 11.3 Å². The van der Waals surface area contributed by atoms with Crippen LogP contribution in [0.3, 0.4) is 0 Å². The van der Waals surface area contributed by atoms with Gasteiger partial charge in [-0.05, 0) is 75.1 Å². The van der Waals surface area contributed by atoms with Crippen LogP contribution in [0.5, 0.6) is 0 Å². The van der Waals surface area contributed by atoms with Gasteiger partial charge in [-0.25, -0.2) is 0 Å². The summed E-state index contributed by atoms with van der Waals surface area (Å²) in [6, 6.07) is 55.0. The van der Waals surface area contributed by atoms with Crippen molar-refractivity contribution in [1.82, 2.24) is 0 Å². The Morgan fingerprint density at radius 2 is 1.05 bits per heavy atom. The van der Waals surface area contributed by atoms with E-state index in [2.05, 4.69) is 157 Å². The molecule has 1 nitrogen and oxygen atoms in total. The van der Waals surface area contributed by atoms with E-state index in [0.29, 0.717) is 0 Å². The molecular weight excluding hydrogens is 502 g/mol. The Morgan fingerprint density at radius 1 is 0.400 bits per heavy atom. The molecule has 188 valence electrons. The van der Waals surface area contributed by atoms with Gasteiger partial charge in [-0.15, -0.1) is 11.3 Å². The van der Waals surface area contributed by atoms with Gasteiger partial charge >= 0.3 is 0 Å². The summed E-state index contributed by atoms with van der Waals surface area (Å²) in [5, 5.41) is 7.66. The second-order valence-corrected chi connectivity index (χ2v) is 11.3. The Kier molecular flexibility index (Phi) is 5.39. The highest BCUT2D eigenvalue weighted by Gasteiger charge is 2.19. The van der Waals surface area contributed by atoms with Crippen LogP contribution in [0.4, 0.5) is 17.1 Å². The van der Waals surface area contributed by atoms with E-state index in [-0.39, 0.29) is 0 Å². The lowest BCUT2D eigenvalue weighted by Gasteiger charge is -2.27. The normalized spacial score (nSPS) is 11.5. The second kappa shape index (κ2) is 9.37. The van der Waals surface area contributed by atoms with Gasteiger partial charge in [0.15, 0.2) is 0 Å². The zero-order chi connectivity index (χ0) is 26.5. The van der Waals surface area contributed by atoms with Crippen LogP contribution in [-0.2, 0) is 0 Å². The van der Waals surface area contributed by atoms with Gasteiger partial charge in [0.25, 0.3) is 0 Å². The van der Waals surface area contributed by atoms with Gasteiger partial charge in [0.2, 0.25) is 0 Å². The molecule has 40 heavy (non-hydrogen) atoms. The summed E-state index contributed by atoms with van der Waals surface area (Å²) in [4.78, 5) is 2.43. The van der Waals surface area contributed by atoms with Gasteiger partial charge in [-0.2, -0.15) is 0 Å². The zero-order valence-electron chi connectivity index (χ0n) is 21.8. The predicted molar refractivity (Wildman–Crippen MR) is 174 cm³/mol. The number of nitrogens with zero attached hydrogens (tertiary/aromatic N) is 1. The van der Waals surface area contributed by atoms with E-state index in [4.69, 9.17) is 0 Å². The smallest absolute Gasteiger partial charge is 0.0640 e. The van der Waals surface area contributed by atoms with Crippen molar-refractivity contribution in [3.8, 4) is 11.1 Å². The number of hydrogen-bond donors (Lipinski definition) is 0. The molecule has 1 heterocycles. The van der Waals surface area contributed by atoms with Gasteiger partial charge in [-0.3, -0.25) is 0 Å². The third-order valence-electron chi connectivity index (χ3n) is 7.79. The maximum absolute atomic E-state index is 2.43. The van der Waals surface area contributed by atoms with Crippen LogP contribution in [0.2, 0.25) is 0 Å². The molecule has 0 atom stereocenters. The van der Waals surface area contributed by atoms with Crippen LogP contribution in [0.15, 0.2) is 152 Å². The lowest BCUT2D eigenvalue weighted by atomic mass is 10.0. The zero-order valence-corrected chi connectivity index (χ0v) is 22.6. The van der Waals surface area contributed by atoms with Crippen molar-refractivity contribution in [2.24, 2.45) is 0 Å². The third kappa shape index (κ3) is 3.85. The summed E-state index contributed by atoms with van der Waals surface area (Å²) in [5.74, 6) is 0. The van der Waals surface area contributed by atoms with Gasteiger partial charge in [0, 0.05) is 26.8 Å². The summed E-state index contributed by atoms with van der Waals surface area (Å²) in [5.41, 5.74) is 5.92. The van der Waals surface area contributed by atoms with Crippen LogP contribution < -0.4 is 4.90 Å². The highest BCUT2D eigenvalue weighted by atomic mass is 32.1. The first-order chi connectivity index (χ1) is 19.8. The Morgan fingerprint density at radius 3 is 1.88 bits per heavy atom. The minimum atomic E-state index is 1.15. The maximum atomic E-state index is 2.43. The summed E-state index contributed by atoms with van der Waals surface area (Å²) in [6.07, 6.45) is 0. The van der Waals surface area contributed by atoms with E-state index >= 15 is 0 Å². The van der Waals surface area contributed by atoms with Gasteiger partial charge in [0.1, 0.15) is 0 Å². The summed E-state index contributed by atoms with van der Waals surface area (Å²) in [6.45, 7) is 0. The minimum Gasteiger partial charge on any atom is -0.309 e. The fraction of sp³-hybridized carbons (Fsp3) is 0. The van der Waals surface area contributed by atoms with E-state index in [1.54, 1.807) is 0 Å². The standard InChI is InChI=1S/C38H25NS/c1-2-10-26(11-3-1)29-16-8-17-32(22-29)39(33-21-20-27-12-4-5-13-28(27)23-33)36-19-9-18-34-35-24-30-14-6-7-15-31(30)25-37(35)40-38(34)36/h1-25H. The van der Waals surface area contributed by atoms with Crippen molar-refractivity contribution >= 4 is 70.1 Å². The number of fused-ring (bicyclic) bond motifs is 5. The molecule has 8 rings (SSSR count). The average molecular weight is 528 g/mol. The van der Waals surface area contributed by atoms with Crippen LogP contribution in [0.25, 0.3) is 52.8 Å². The molecule has 0 unspecified atom stereocenters. The van der Waals surface area contributed by atoms with E-state index in [0.717, 1.165) is 11.4 Å². The van der Waals surface area contributed by atoms with Crippen LogP contribution in [0, 0.1) is 0 Å². The molecule has 0 fully saturated rings. The molecule has 0 bridgehead atoms. The van der Waals surface area contributed by atoms with E-state index in [1.165, 1.54) is 58.5 Å². The molecule has 1 aromatic heterocycles. The number of anilines is 3. The Labute approximate surface area is 237 Å². The summed E-state index contributed by atoms with van der Waals surface area (Å²) in [7, 11) is 0. The highest BCUT2D eigenvalue weighted by molar-refractivity contribution is 7.26. The van der Waals surface area contributed by atoms with Crippen molar-refractivity contribution in [1.29, 1.82) is 0 Å². The first kappa shape index (κ1) is 23.0.